The van der Waals surface area contributed by atoms with Crippen LogP contribution >= 0.6 is 0 Å². The van der Waals surface area contributed by atoms with Crippen molar-refractivity contribution in [2.75, 3.05) is 13.7 Å². The highest BCUT2D eigenvalue weighted by atomic mass is 19.3. The first-order valence-corrected chi connectivity index (χ1v) is 8.46. The minimum absolute atomic E-state index is 0.0834. The molecular formula is C20H22F2N2O4. The Labute approximate surface area is 162 Å². The molecule has 0 aromatic heterocycles. The molecule has 6 nitrogen and oxygen atoms in total. The van der Waals surface area contributed by atoms with Crippen molar-refractivity contribution in [3.8, 4) is 17.2 Å². The second kappa shape index (κ2) is 9.68. The Balaban J connectivity index is 1.98. The van der Waals surface area contributed by atoms with Gasteiger partial charge in [-0.05, 0) is 62.2 Å². The van der Waals surface area contributed by atoms with Crippen molar-refractivity contribution in [3.05, 3.63) is 53.1 Å². The maximum absolute atomic E-state index is 12.4. The van der Waals surface area contributed by atoms with E-state index >= 15 is 0 Å². The van der Waals surface area contributed by atoms with E-state index in [9.17, 15) is 13.6 Å². The van der Waals surface area contributed by atoms with E-state index in [1.807, 2.05) is 32.0 Å². The molecule has 0 saturated heterocycles. The molecule has 0 spiro atoms. The van der Waals surface area contributed by atoms with Gasteiger partial charge in [0, 0.05) is 5.56 Å². The molecule has 2 rings (SSSR count). The number of hydrogen-bond donors (Lipinski definition) is 1. The zero-order valence-electron chi connectivity index (χ0n) is 16.1. The third-order valence-corrected chi connectivity index (χ3v) is 3.71. The van der Waals surface area contributed by atoms with Crippen LogP contribution in [0.15, 0.2) is 41.5 Å². The van der Waals surface area contributed by atoms with E-state index in [4.69, 9.17) is 9.47 Å². The smallest absolute Gasteiger partial charge is 0.387 e. The average molecular weight is 392 g/mol. The fourth-order valence-corrected chi connectivity index (χ4v) is 2.49. The molecule has 2 aromatic carbocycles. The number of halogens is 2. The molecule has 0 saturated carbocycles. The first-order chi connectivity index (χ1) is 13.3. The quantitative estimate of drug-likeness (QED) is 0.548. The fourth-order valence-electron chi connectivity index (χ4n) is 2.49. The van der Waals surface area contributed by atoms with Crippen LogP contribution in [0.25, 0.3) is 0 Å². The number of benzene rings is 2. The third kappa shape index (κ3) is 6.22. The molecule has 0 aliphatic heterocycles. The monoisotopic (exact) mass is 392 g/mol. The lowest BCUT2D eigenvalue weighted by Gasteiger charge is -2.11. The highest BCUT2D eigenvalue weighted by Crippen LogP contribution is 2.29. The van der Waals surface area contributed by atoms with Crippen LogP contribution in [0.5, 0.6) is 17.2 Å². The van der Waals surface area contributed by atoms with Gasteiger partial charge in [-0.15, -0.1) is 0 Å². The summed E-state index contributed by atoms with van der Waals surface area (Å²) in [6, 6.07) is 10.1. The molecule has 2 aromatic rings. The molecule has 8 heteroatoms. The summed E-state index contributed by atoms with van der Waals surface area (Å²) >= 11 is 0. The van der Waals surface area contributed by atoms with Crippen LogP contribution in [0.1, 0.15) is 23.6 Å². The molecule has 1 N–H and O–H groups in total. The number of methoxy groups -OCH3 is 1. The molecule has 0 atom stereocenters. The maximum Gasteiger partial charge on any atom is 0.387 e. The standard InChI is InChI=1S/C20H22F2N2O4/c1-12-7-13(2)9-16(8-12)27-11-19(25)24-23-14(3)15-5-6-17(28-20(21)22)18(10-15)26-4/h5-10,20H,11H2,1-4H3,(H,24,25)/b23-14-. The van der Waals surface area contributed by atoms with Gasteiger partial charge in [0.05, 0.1) is 12.8 Å². The molecule has 0 unspecified atom stereocenters. The highest BCUT2D eigenvalue weighted by Gasteiger charge is 2.12. The Hall–Kier alpha value is -3.16. The van der Waals surface area contributed by atoms with Gasteiger partial charge < -0.3 is 14.2 Å². The van der Waals surface area contributed by atoms with Crippen molar-refractivity contribution in [1.29, 1.82) is 0 Å². The lowest BCUT2D eigenvalue weighted by Crippen LogP contribution is -2.25. The number of hydrazone groups is 1. The van der Waals surface area contributed by atoms with Gasteiger partial charge in [-0.25, -0.2) is 5.43 Å². The molecule has 0 aliphatic rings. The largest absolute Gasteiger partial charge is 0.493 e. The molecular weight excluding hydrogens is 370 g/mol. The normalized spacial score (nSPS) is 11.3. The predicted octanol–water partition coefficient (Wildman–Crippen LogP) is 3.83. The van der Waals surface area contributed by atoms with Gasteiger partial charge in [0.2, 0.25) is 0 Å². The summed E-state index contributed by atoms with van der Waals surface area (Å²) in [7, 11) is 1.34. The molecule has 150 valence electrons. The summed E-state index contributed by atoms with van der Waals surface area (Å²) < 4.78 is 39.7. The van der Waals surface area contributed by atoms with Crippen LogP contribution in [0.4, 0.5) is 8.78 Å². The Bertz CT molecular complexity index is 849. The summed E-state index contributed by atoms with van der Waals surface area (Å²) in [5, 5.41) is 4.00. The van der Waals surface area contributed by atoms with Gasteiger partial charge >= 0.3 is 6.61 Å². The van der Waals surface area contributed by atoms with E-state index in [0.717, 1.165) is 11.1 Å². The summed E-state index contributed by atoms with van der Waals surface area (Å²) in [5.41, 5.74) is 5.51. The van der Waals surface area contributed by atoms with E-state index in [1.54, 1.807) is 6.92 Å². The lowest BCUT2D eigenvalue weighted by atomic mass is 10.1. The molecule has 0 heterocycles. The minimum atomic E-state index is -2.95. The molecule has 0 radical (unpaired) electrons. The molecule has 1 amide bonds. The Morgan fingerprint density at radius 2 is 1.79 bits per heavy atom. The molecule has 0 bridgehead atoms. The SMILES string of the molecule is COc1cc(/C(C)=N\NC(=O)COc2cc(C)cc(C)c2)ccc1OC(F)F. The zero-order valence-corrected chi connectivity index (χ0v) is 16.1. The number of amides is 1. The maximum atomic E-state index is 12.4. The minimum Gasteiger partial charge on any atom is -0.493 e. The number of rotatable bonds is 8. The number of carbonyl (C=O) groups excluding carboxylic acids is 1. The third-order valence-electron chi connectivity index (χ3n) is 3.71. The lowest BCUT2D eigenvalue weighted by molar-refractivity contribution is -0.123. The van der Waals surface area contributed by atoms with Crippen LogP contribution < -0.4 is 19.6 Å². The Kier molecular flexibility index (Phi) is 7.31. The molecule has 0 fully saturated rings. The van der Waals surface area contributed by atoms with Crippen molar-refractivity contribution in [2.45, 2.75) is 27.4 Å². The number of aryl methyl sites for hydroxylation is 2. The van der Waals surface area contributed by atoms with E-state index in [1.165, 1.54) is 25.3 Å². The van der Waals surface area contributed by atoms with Crippen molar-refractivity contribution >= 4 is 11.6 Å². The zero-order chi connectivity index (χ0) is 20.7. The molecule has 28 heavy (non-hydrogen) atoms. The highest BCUT2D eigenvalue weighted by molar-refractivity contribution is 5.99. The van der Waals surface area contributed by atoms with Crippen molar-refractivity contribution in [3.63, 3.8) is 0 Å². The van der Waals surface area contributed by atoms with Crippen LogP contribution in [0, 0.1) is 13.8 Å². The van der Waals surface area contributed by atoms with Crippen molar-refractivity contribution < 1.29 is 27.8 Å². The van der Waals surface area contributed by atoms with Crippen LogP contribution in [-0.4, -0.2) is 31.9 Å². The number of ether oxygens (including phenoxy) is 3. The summed E-state index contributed by atoms with van der Waals surface area (Å²) in [5.74, 6) is 0.229. The average Bonchev–Trinajstić information content (AvgIpc) is 2.63. The van der Waals surface area contributed by atoms with Crippen LogP contribution in [0.2, 0.25) is 0 Å². The van der Waals surface area contributed by atoms with Gasteiger partial charge in [0.25, 0.3) is 5.91 Å². The van der Waals surface area contributed by atoms with Gasteiger partial charge in [-0.1, -0.05) is 6.07 Å². The van der Waals surface area contributed by atoms with Gasteiger partial charge in [0.15, 0.2) is 18.1 Å². The van der Waals surface area contributed by atoms with E-state index in [0.29, 0.717) is 17.0 Å². The number of alkyl halides is 2. The number of hydrogen-bond acceptors (Lipinski definition) is 5. The van der Waals surface area contributed by atoms with Crippen molar-refractivity contribution in [1.82, 2.24) is 5.43 Å². The summed E-state index contributed by atoms with van der Waals surface area (Å²) in [6.45, 7) is 2.40. The first-order valence-electron chi connectivity index (χ1n) is 8.46. The van der Waals surface area contributed by atoms with E-state index in [-0.39, 0.29) is 18.1 Å². The first kappa shape index (κ1) is 21.1. The number of nitrogens with one attached hydrogen (secondary N) is 1. The van der Waals surface area contributed by atoms with Gasteiger partial charge in [-0.3, -0.25) is 4.79 Å². The van der Waals surface area contributed by atoms with Crippen molar-refractivity contribution in [2.24, 2.45) is 5.10 Å². The van der Waals surface area contributed by atoms with Crippen LogP contribution in [-0.2, 0) is 4.79 Å². The fraction of sp³-hybridized carbons (Fsp3) is 0.300. The van der Waals surface area contributed by atoms with E-state index in [2.05, 4.69) is 15.3 Å². The predicted molar refractivity (Wildman–Crippen MR) is 101 cm³/mol. The van der Waals surface area contributed by atoms with Crippen LogP contribution in [0.3, 0.4) is 0 Å². The Morgan fingerprint density at radius 3 is 2.39 bits per heavy atom. The number of carbonyl (C=O) groups is 1. The van der Waals surface area contributed by atoms with E-state index < -0.39 is 12.5 Å². The van der Waals surface area contributed by atoms with Gasteiger partial charge in [-0.2, -0.15) is 13.9 Å². The summed E-state index contributed by atoms with van der Waals surface area (Å²) in [6.07, 6.45) is 0. The topological polar surface area (TPSA) is 69.2 Å². The van der Waals surface area contributed by atoms with Gasteiger partial charge in [0.1, 0.15) is 5.75 Å². The molecule has 0 aliphatic carbocycles. The second-order valence-corrected chi connectivity index (χ2v) is 6.09. The second-order valence-electron chi connectivity index (χ2n) is 6.09. The Morgan fingerprint density at radius 1 is 1.11 bits per heavy atom. The summed E-state index contributed by atoms with van der Waals surface area (Å²) in [4.78, 5) is 11.9. The number of nitrogens with zero attached hydrogens (tertiary/aromatic N) is 1.